The molecule has 6 heteroatoms. The van der Waals surface area contributed by atoms with Gasteiger partial charge in [-0.15, -0.1) is 0 Å². The van der Waals surface area contributed by atoms with Gasteiger partial charge >= 0.3 is 6.03 Å². The van der Waals surface area contributed by atoms with Crippen molar-refractivity contribution in [3.63, 3.8) is 0 Å². The van der Waals surface area contributed by atoms with E-state index in [1.165, 1.54) is 7.05 Å². The molecule has 0 unspecified atom stereocenters. The van der Waals surface area contributed by atoms with Gasteiger partial charge in [0.1, 0.15) is 6.42 Å². The molecular weight excluding hydrogens is 246 g/mol. The van der Waals surface area contributed by atoms with E-state index < -0.39 is 17.8 Å². The maximum absolute atomic E-state index is 12.0. The van der Waals surface area contributed by atoms with Crippen LogP contribution in [0, 0.1) is 0 Å². The van der Waals surface area contributed by atoms with Crippen molar-refractivity contribution in [2.24, 2.45) is 0 Å². The third kappa shape index (κ3) is 2.29. The molecule has 6 nitrogen and oxygen atoms in total. The highest BCUT2D eigenvalue weighted by Gasteiger charge is 2.36. The van der Waals surface area contributed by atoms with Crippen LogP contribution in [0.25, 0.3) is 0 Å². The minimum atomic E-state index is -0.614. The van der Waals surface area contributed by atoms with Crippen LogP contribution in [0.5, 0.6) is 0 Å². The molecule has 2 rings (SSSR count). The van der Waals surface area contributed by atoms with Gasteiger partial charge in [0.25, 0.3) is 0 Å². The molecule has 1 saturated heterocycles. The first-order valence-corrected chi connectivity index (χ1v) is 5.82. The Hall–Kier alpha value is -2.37. The van der Waals surface area contributed by atoms with E-state index in [1.807, 2.05) is 25.1 Å². The van der Waals surface area contributed by atoms with Crippen LogP contribution in [-0.4, -0.2) is 43.9 Å². The van der Waals surface area contributed by atoms with Crippen molar-refractivity contribution in [3.05, 3.63) is 24.3 Å². The second-order valence-corrected chi connectivity index (χ2v) is 4.56. The second kappa shape index (κ2) is 4.72. The number of carbonyl (C=O) groups is 3. The molecule has 0 aliphatic carbocycles. The molecular formula is C13H15N3O3. The average molecular weight is 261 g/mol. The molecule has 4 amide bonds. The fourth-order valence-electron chi connectivity index (χ4n) is 1.86. The van der Waals surface area contributed by atoms with Gasteiger partial charge < -0.3 is 4.90 Å². The third-order valence-corrected chi connectivity index (χ3v) is 3.01. The largest absolute Gasteiger partial charge is 0.378 e. The van der Waals surface area contributed by atoms with E-state index in [9.17, 15) is 14.4 Å². The predicted molar refractivity (Wildman–Crippen MR) is 71.0 cm³/mol. The number of barbiturate groups is 1. The first kappa shape index (κ1) is 13.1. The molecule has 1 aliphatic heterocycles. The van der Waals surface area contributed by atoms with Gasteiger partial charge in [-0.1, -0.05) is 6.07 Å². The summed E-state index contributed by atoms with van der Waals surface area (Å²) in [7, 11) is 5.11. The first-order valence-electron chi connectivity index (χ1n) is 5.82. The molecule has 1 aromatic carbocycles. The van der Waals surface area contributed by atoms with E-state index >= 15 is 0 Å². The van der Waals surface area contributed by atoms with Gasteiger partial charge in [-0.05, 0) is 18.2 Å². The third-order valence-electron chi connectivity index (χ3n) is 3.01. The van der Waals surface area contributed by atoms with Crippen LogP contribution >= 0.6 is 0 Å². The van der Waals surface area contributed by atoms with Crippen LogP contribution < -0.4 is 9.80 Å². The van der Waals surface area contributed by atoms with Crippen molar-refractivity contribution in [1.29, 1.82) is 0 Å². The molecule has 19 heavy (non-hydrogen) atoms. The average Bonchev–Trinajstić information content (AvgIpc) is 2.36. The maximum atomic E-state index is 12.0. The number of rotatable bonds is 2. The van der Waals surface area contributed by atoms with Crippen molar-refractivity contribution in [2.45, 2.75) is 6.42 Å². The zero-order valence-electron chi connectivity index (χ0n) is 11.1. The number of hydrogen-bond acceptors (Lipinski definition) is 4. The molecule has 1 fully saturated rings. The summed E-state index contributed by atoms with van der Waals surface area (Å²) < 4.78 is 0. The Balaban J connectivity index is 2.40. The standard InChI is InChI=1S/C13H15N3O3/c1-14(2)9-5-4-6-10(7-9)16-12(18)8-11(17)15(3)13(16)19/h4-7H,8H2,1-3H3. The molecule has 100 valence electrons. The van der Waals surface area contributed by atoms with Crippen LogP contribution in [-0.2, 0) is 9.59 Å². The van der Waals surface area contributed by atoms with E-state index in [4.69, 9.17) is 0 Å². The monoisotopic (exact) mass is 261 g/mol. The fraction of sp³-hybridized carbons (Fsp3) is 0.308. The second-order valence-electron chi connectivity index (χ2n) is 4.56. The summed E-state index contributed by atoms with van der Waals surface area (Å²) in [6.45, 7) is 0. The Morgan fingerprint density at radius 3 is 2.42 bits per heavy atom. The lowest BCUT2D eigenvalue weighted by Gasteiger charge is -2.30. The summed E-state index contributed by atoms with van der Waals surface area (Å²) in [6.07, 6.45) is -0.283. The molecule has 0 radical (unpaired) electrons. The summed E-state index contributed by atoms with van der Waals surface area (Å²) in [4.78, 5) is 39.2. The highest BCUT2D eigenvalue weighted by Crippen LogP contribution is 2.25. The summed E-state index contributed by atoms with van der Waals surface area (Å²) in [5, 5.41) is 0. The number of amides is 4. The smallest absolute Gasteiger partial charge is 0.337 e. The van der Waals surface area contributed by atoms with Crippen molar-refractivity contribution in [1.82, 2.24) is 4.90 Å². The van der Waals surface area contributed by atoms with Crippen molar-refractivity contribution in [2.75, 3.05) is 30.9 Å². The first-order chi connectivity index (χ1) is 8.91. The minimum absolute atomic E-state index is 0.283. The predicted octanol–water partition coefficient (Wildman–Crippen LogP) is 1.07. The zero-order chi connectivity index (χ0) is 14.2. The van der Waals surface area contributed by atoms with Crippen LogP contribution in [0.3, 0.4) is 0 Å². The van der Waals surface area contributed by atoms with Crippen molar-refractivity contribution >= 4 is 29.2 Å². The molecule has 0 atom stereocenters. The topological polar surface area (TPSA) is 60.9 Å². The molecule has 0 N–H and O–H groups in total. The summed E-state index contributed by atoms with van der Waals surface area (Å²) >= 11 is 0. The van der Waals surface area contributed by atoms with E-state index in [0.717, 1.165) is 15.5 Å². The number of hydrogen-bond donors (Lipinski definition) is 0. The molecule has 0 saturated carbocycles. The lowest BCUT2D eigenvalue weighted by atomic mass is 10.2. The van der Waals surface area contributed by atoms with Crippen LogP contribution in [0.4, 0.5) is 16.2 Å². The molecule has 0 spiro atoms. The lowest BCUT2D eigenvalue weighted by molar-refractivity contribution is -0.133. The Labute approximate surface area is 111 Å². The van der Waals surface area contributed by atoms with Gasteiger partial charge in [-0.3, -0.25) is 14.5 Å². The van der Waals surface area contributed by atoms with Gasteiger partial charge in [0.05, 0.1) is 5.69 Å². The molecule has 1 aliphatic rings. The Kier molecular flexibility index (Phi) is 3.25. The normalized spacial score (nSPS) is 16.1. The summed E-state index contributed by atoms with van der Waals surface area (Å²) in [5.74, 6) is -0.973. The highest BCUT2D eigenvalue weighted by molar-refractivity contribution is 6.26. The maximum Gasteiger partial charge on any atom is 0.337 e. The molecule has 1 aromatic rings. The minimum Gasteiger partial charge on any atom is -0.378 e. The Morgan fingerprint density at radius 2 is 1.79 bits per heavy atom. The van der Waals surface area contributed by atoms with Gasteiger partial charge in [0.2, 0.25) is 11.8 Å². The van der Waals surface area contributed by atoms with Gasteiger partial charge in [0, 0.05) is 26.8 Å². The van der Waals surface area contributed by atoms with Gasteiger partial charge in [-0.2, -0.15) is 0 Å². The number of nitrogens with zero attached hydrogens (tertiary/aromatic N) is 3. The van der Waals surface area contributed by atoms with Crippen LogP contribution in [0.1, 0.15) is 6.42 Å². The van der Waals surface area contributed by atoms with Gasteiger partial charge in [-0.25, -0.2) is 9.69 Å². The van der Waals surface area contributed by atoms with E-state index in [1.54, 1.807) is 18.2 Å². The number of urea groups is 1. The summed E-state index contributed by atoms with van der Waals surface area (Å²) in [5.41, 5.74) is 1.35. The van der Waals surface area contributed by atoms with Gasteiger partial charge in [0.15, 0.2) is 0 Å². The lowest BCUT2D eigenvalue weighted by Crippen LogP contribution is -2.53. The zero-order valence-corrected chi connectivity index (χ0v) is 11.1. The van der Waals surface area contributed by atoms with E-state index in [2.05, 4.69) is 0 Å². The number of imide groups is 2. The van der Waals surface area contributed by atoms with Crippen molar-refractivity contribution < 1.29 is 14.4 Å². The molecule has 1 heterocycles. The Bertz CT molecular complexity index is 554. The number of benzene rings is 1. The van der Waals surface area contributed by atoms with Crippen molar-refractivity contribution in [3.8, 4) is 0 Å². The molecule has 0 aromatic heterocycles. The summed E-state index contributed by atoms with van der Waals surface area (Å²) in [6, 6.07) is 6.43. The van der Waals surface area contributed by atoms with E-state index in [-0.39, 0.29) is 6.42 Å². The fourth-order valence-corrected chi connectivity index (χ4v) is 1.86. The SMILES string of the molecule is CN1C(=O)CC(=O)N(c2cccc(N(C)C)c2)C1=O. The van der Waals surface area contributed by atoms with Crippen LogP contribution in [0.15, 0.2) is 24.3 Å². The quantitative estimate of drug-likeness (QED) is 0.747. The Morgan fingerprint density at radius 1 is 1.11 bits per heavy atom. The molecule has 0 bridgehead atoms. The number of anilines is 2. The highest BCUT2D eigenvalue weighted by atomic mass is 16.2. The van der Waals surface area contributed by atoms with Crippen LogP contribution in [0.2, 0.25) is 0 Å². The van der Waals surface area contributed by atoms with E-state index in [0.29, 0.717) is 5.69 Å². The number of carbonyl (C=O) groups excluding carboxylic acids is 3.